The van der Waals surface area contributed by atoms with Crippen molar-refractivity contribution in [1.82, 2.24) is 0 Å². The second-order valence-electron chi connectivity index (χ2n) is 6.11. The molecular formula is C19H29BrO4. The molecule has 0 atom stereocenters. The summed E-state index contributed by atoms with van der Waals surface area (Å²) in [6.07, 6.45) is 7.24. The fraction of sp³-hybridized carbons (Fsp3) is 0.632. The largest absolute Gasteiger partial charge is 0.511 e. The Morgan fingerprint density at radius 1 is 0.917 bits per heavy atom. The first-order valence-corrected chi connectivity index (χ1v) is 9.72. The van der Waals surface area contributed by atoms with Crippen molar-refractivity contribution in [3.05, 3.63) is 21.2 Å². The van der Waals surface area contributed by atoms with E-state index in [2.05, 4.69) is 36.7 Å². The molecule has 1 aromatic rings. The van der Waals surface area contributed by atoms with Crippen molar-refractivity contribution in [3.8, 4) is 11.5 Å². The lowest BCUT2D eigenvalue weighted by molar-refractivity contribution is 0.142. The normalized spacial score (nSPS) is 10.8. The molecule has 0 heterocycles. The van der Waals surface area contributed by atoms with Crippen molar-refractivity contribution < 1.29 is 19.7 Å². The molecule has 5 heteroatoms. The quantitative estimate of drug-likeness (QED) is 0.360. The van der Waals surface area contributed by atoms with Crippen molar-refractivity contribution in [2.75, 3.05) is 0 Å². The topological polar surface area (TPSA) is 66.8 Å². The van der Waals surface area contributed by atoms with E-state index in [0.717, 1.165) is 68.9 Å². The Hall–Kier alpha value is -1.23. The zero-order chi connectivity index (χ0) is 18.1. The van der Waals surface area contributed by atoms with Crippen LogP contribution in [0.5, 0.6) is 11.5 Å². The predicted octanol–water partition coefficient (Wildman–Crippen LogP) is 6.24. The minimum Gasteiger partial charge on any atom is -0.504 e. The summed E-state index contributed by atoms with van der Waals surface area (Å²) in [6, 6.07) is 0. The Morgan fingerprint density at radius 2 is 1.38 bits per heavy atom. The number of carboxylic acid groups (broad SMARTS) is 1. The summed E-state index contributed by atoms with van der Waals surface area (Å²) < 4.78 is 5.48. The Kier molecular flexibility index (Phi) is 9.19. The molecule has 0 amide bonds. The summed E-state index contributed by atoms with van der Waals surface area (Å²) >= 11 is 3.49. The number of hydrogen-bond acceptors (Lipinski definition) is 3. The van der Waals surface area contributed by atoms with E-state index in [9.17, 15) is 9.90 Å². The maximum atomic E-state index is 11.0. The second-order valence-corrected chi connectivity index (χ2v) is 6.90. The van der Waals surface area contributed by atoms with E-state index in [1.807, 2.05) is 0 Å². The van der Waals surface area contributed by atoms with E-state index < -0.39 is 6.16 Å². The van der Waals surface area contributed by atoms with Crippen LogP contribution in [0.25, 0.3) is 0 Å². The van der Waals surface area contributed by atoms with Crippen molar-refractivity contribution in [2.24, 2.45) is 0 Å². The first-order valence-electron chi connectivity index (χ1n) is 8.93. The van der Waals surface area contributed by atoms with Gasteiger partial charge in [0, 0.05) is 5.56 Å². The van der Waals surface area contributed by atoms with Crippen LogP contribution in [0.15, 0.2) is 4.47 Å². The Bertz CT molecular complexity index is 520. The van der Waals surface area contributed by atoms with Crippen molar-refractivity contribution in [3.63, 3.8) is 0 Å². The first-order chi connectivity index (χ1) is 11.5. The predicted molar refractivity (Wildman–Crippen MR) is 100 cm³/mol. The highest BCUT2D eigenvalue weighted by atomic mass is 79.9. The van der Waals surface area contributed by atoms with Gasteiger partial charge >= 0.3 is 6.16 Å². The van der Waals surface area contributed by atoms with Crippen LogP contribution in [0, 0.1) is 0 Å². The van der Waals surface area contributed by atoms with Crippen LogP contribution in [-0.4, -0.2) is 16.4 Å². The molecule has 4 nitrogen and oxygen atoms in total. The number of hydrogen-bond donors (Lipinski definition) is 2. The zero-order valence-electron chi connectivity index (χ0n) is 15.0. The summed E-state index contributed by atoms with van der Waals surface area (Å²) in [7, 11) is 0. The maximum absolute atomic E-state index is 11.0. The summed E-state index contributed by atoms with van der Waals surface area (Å²) in [5.41, 5.74) is 3.11. The van der Waals surface area contributed by atoms with Crippen LogP contribution < -0.4 is 4.74 Å². The van der Waals surface area contributed by atoms with Crippen LogP contribution >= 0.6 is 15.9 Å². The van der Waals surface area contributed by atoms with Gasteiger partial charge in [0.2, 0.25) is 0 Å². The molecule has 136 valence electrons. The third-order valence-corrected chi connectivity index (χ3v) is 5.06. The standard InChI is InChI=1S/C19H29BrO4/c1-4-7-10-13-14(11-8-5-2)16(20)18(24-19(22)23)17(21)15(13)12-9-6-3/h21H,4-12H2,1-3H3,(H,22,23). The molecular weight excluding hydrogens is 372 g/mol. The van der Waals surface area contributed by atoms with Crippen LogP contribution in [0.3, 0.4) is 0 Å². The van der Waals surface area contributed by atoms with E-state index in [-0.39, 0.29) is 11.5 Å². The smallest absolute Gasteiger partial charge is 0.504 e. The number of ether oxygens (including phenoxy) is 1. The third-order valence-electron chi connectivity index (χ3n) is 4.22. The summed E-state index contributed by atoms with van der Waals surface area (Å²) in [5.74, 6) is 0.0176. The van der Waals surface area contributed by atoms with Gasteiger partial charge in [-0.25, -0.2) is 4.79 Å². The number of carbonyl (C=O) groups is 1. The third kappa shape index (κ3) is 5.40. The highest BCUT2D eigenvalue weighted by molar-refractivity contribution is 9.10. The molecule has 0 aromatic heterocycles. The molecule has 1 rings (SSSR count). The SMILES string of the molecule is CCCCc1c(O)c(OC(=O)O)c(Br)c(CCCC)c1CCCC. The maximum Gasteiger partial charge on any atom is 0.511 e. The lowest BCUT2D eigenvalue weighted by Gasteiger charge is -2.21. The Balaban J connectivity index is 3.50. The van der Waals surface area contributed by atoms with Crippen LogP contribution in [0.4, 0.5) is 4.79 Å². The van der Waals surface area contributed by atoms with E-state index >= 15 is 0 Å². The van der Waals surface area contributed by atoms with Gasteiger partial charge in [0.15, 0.2) is 11.5 Å². The molecule has 1 aromatic carbocycles. The number of unbranched alkanes of at least 4 members (excludes halogenated alkanes) is 3. The molecule has 0 saturated heterocycles. The molecule has 0 aliphatic carbocycles. The van der Waals surface area contributed by atoms with Gasteiger partial charge in [0.05, 0.1) is 4.47 Å². The highest BCUT2D eigenvalue weighted by Crippen LogP contribution is 2.44. The molecule has 0 saturated carbocycles. The summed E-state index contributed by atoms with van der Waals surface area (Å²) in [5, 5.41) is 19.7. The van der Waals surface area contributed by atoms with Gasteiger partial charge in [-0.1, -0.05) is 40.0 Å². The monoisotopic (exact) mass is 400 g/mol. The summed E-state index contributed by atoms with van der Waals surface area (Å²) in [6.45, 7) is 6.38. The minimum atomic E-state index is -1.41. The molecule has 0 spiro atoms. The van der Waals surface area contributed by atoms with Crippen molar-refractivity contribution in [1.29, 1.82) is 0 Å². The van der Waals surface area contributed by atoms with Gasteiger partial charge in [-0.15, -0.1) is 0 Å². The van der Waals surface area contributed by atoms with Gasteiger partial charge in [0.1, 0.15) is 0 Å². The lowest BCUT2D eigenvalue weighted by Crippen LogP contribution is -2.09. The highest BCUT2D eigenvalue weighted by Gasteiger charge is 2.24. The molecule has 24 heavy (non-hydrogen) atoms. The van der Waals surface area contributed by atoms with Crippen LogP contribution in [0.1, 0.15) is 76.0 Å². The van der Waals surface area contributed by atoms with E-state index in [0.29, 0.717) is 4.47 Å². The number of aromatic hydroxyl groups is 1. The van der Waals surface area contributed by atoms with Crippen LogP contribution in [-0.2, 0) is 19.3 Å². The molecule has 0 unspecified atom stereocenters. The number of phenols is 1. The van der Waals surface area contributed by atoms with Gasteiger partial charge in [-0.2, -0.15) is 0 Å². The molecule has 0 bridgehead atoms. The molecule has 0 fully saturated rings. The van der Waals surface area contributed by atoms with Gasteiger partial charge in [-0.3, -0.25) is 0 Å². The minimum absolute atomic E-state index is 0.0240. The number of rotatable bonds is 10. The Labute approximate surface area is 153 Å². The van der Waals surface area contributed by atoms with E-state index in [1.54, 1.807) is 0 Å². The number of benzene rings is 1. The zero-order valence-corrected chi connectivity index (χ0v) is 16.5. The fourth-order valence-electron chi connectivity index (χ4n) is 2.91. The van der Waals surface area contributed by atoms with Crippen molar-refractivity contribution >= 4 is 22.1 Å². The van der Waals surface area contributed by atoms with Gasteiger partial charge in [-0.05, 0) is 65.6 Å². The van der Waals surface area contributed by atoms with Crippen LogP contribution in [0.2, 0.25) is 0 Å². The molecule has 2 N–H and O–H groups in total. The van der Waals surface area contributed by atoms with Gasteiger partial charge in [0.25, 0.3) is 0 Å². The average molecular weight is 401 g/mol. The first kappa shape index (κ1) is 20.8. The van der Waals surface area contributed by atoms with Crippen molar-refractivity contribution in [2.45, 2.75) is 78.6 Å². The second kappa shape index (κ2) is 10.6. The molecule has 0 aliphatic rings. The molecule has 0 radical (unpaired) electrons. The summed E-state index contributed by atoms with van der Waals surface area (Å²) in [4.78, 5) is 11.0. The average Bonchev–Trinajstić information content (AvgIpc) is 2.55. The van der Waals surface area contributed by atoms with E-state index in [1.165, 1.54) is 5.56 Å². The fourth-order valence-corrected chi connectivity index (χ4v) is 3.61. The molecule has 0 aliphatic heterocycles. The Morgan fingerprint density at radius 3 is 1.83 bits per heavy atom. The lowest BCUT2D eigenvalue weighted by atomic mass is 9.89. The number of halogens is 1. The number of phenolic OH excluding ortho intramolecular Hbond substituents is 1. The van der Waals surface area contributed by atoms with E-state index in [4.69, 9.17) is 9.84 Å². The van der Waals surface area contributed by atoms with Gasteiger partial charge < -0.3 is 14.9 Å².